The fraction of sp³-hybridized carbons (Fsp3) is 0.857. The van der Waals surface area contributed by atoms with Crippen molar-refractivity contribution in [3.05, 3.63) is 6.92 Å². The minimum absolute atomic E-state index is 0.275. The molecular weight excluding hydrogens is 141 g/mol. The van der Waals surface area contributed by atoms with Crippen LogP contribution in [0.25, 0.3) is 0 Å². The second-order valence-electron chi connectivity index (χ2n) is 2.84. The molecule has 1 fully saturated rings. The summed E-state index contributed by atoms with van der Waals surface area (Å²) in [5.74, 6) is -1.53. The van der Waals surface area contributed by atoms with Gasteiger partial charge in [0.15, 0.2) is 0 Å². The first kappa shape index (κ1) is 7.89. The Morgan fingerprint density at radius 3 is 2.00 bits per heavy atom. The van der Waals surface area contributed by atoms with Gasteiger partial charge < -0.3 is 0 Å². The molecule has 10 heavy (non-hydrogen) atoms. The van der Waals surface area contributed by atoms with E-state index >= 15 is 0 Å². The van der Waals surface area contributed by atoms with Gasteiger partial charge in [-0.25, -0.2) is 0 Å². The quantitative estimate of drug-likeness (QED) is 0.499. The van der Waals surface area contributed by atoms with Gasteiger partial charge in [-0.05, 0) is 25.7 Å². The summed E-state index contributed by atoms with van der Waals surface area (Å²) >= 11 is 0. The number of halogens is 3. The van der Waals surface area contributed by atoms with E-state index in [0.29, 0.717) is 12.8 Å². The summed E-state index contributed by atoms with van der Waals surface area (Å²) in [5, 5.41) is 0. The minimum Gasteiger partial charge on any atom is -0.171 e. The van der Waals surface area contributed by atoms with Crippen LogP contribution in [0.3, 0.4) is 0 Å². The normalized spacial score (nSPS) is 34.8. The molecular formula is C7H10F3. The molecule has 0 aromatic rings. The molecule has 1 rings (SSSR count). The second-order valence-corrected chi connectivity index (χ2v) is 2.84. The Morgan fingerprint density at radius 1 is 1.20 bits per heavy atom. The van der Waals surface area contributed by atoms with Crippen LogP contribution in [0.15, 0.2) is 0 Å². The van der Waals surface area contributed by atoms with Gasteiger partial charge in [-0.3, -0.25) is 0 Å². The maximum Gasteiger partial charge on any atom is 0.392 e. The molecule has 0 amide bonds. The van der Waals surface area contributed by atoms with Crippen LogP contribution in [0.5, 0.6) is 0 Å². The maximum atomic E-state index is 12.0. The van der Waals surface area contributed by atoms with E-state index in [9.17, 15) is 13.2 Å². The highest BCUT2D eigenvalue weighted by molar-refractivity contribution is 4.83. The zero-order chi connectivity index (χ0) is 7.78. The van der Waals surface area contributed by atoms with Gasteiger partial charge in [0.1, 0.15) is 0 Å². The number of hydrogen-bond acceptors (Lipinski definition) is 0. The van der Waals surface area contributed by atoms with Crippen molar-refractivity contribution in [2.75, 3.05) is 0 Å². The van der Waals surface area contributed by atoms with Gasteiger partial charge in [-0.15, -0.1) is 0 Å². The number of alkyl halides is 3. The molecule has 0 nitrogen and oxygen atoms in total. The Hall–Kier alpha value is -0.210. The lowest BCUT2D eigenvalue weighted by Crippen LogP contribution is -2.24. The molecule has 0 heterocycles. The average molecular weight is 151 g/mol. The van der Waals surface area contributed by atoms with Crippen molar-refractivity contribution in [2.24, 2.45) is 11.8 Å². The Labute approximate surface area is 58.4 Å². The Kier molecular flexibility index (Phi) is 1.92. The molecule has 0 bridgehead atoms. The number of hydrogen-bond donors (Lipinski definition) is 0. The monoisotopic (exact) mass is 151 g/mol. The van der Waals surface area contributed by atoms with E-state index in [-0.39, 0.29) is 6.42 Å². The van der Waals surface area contributed by atoms with E-state index in [0.717, 1.165) is 0 Å². The van der Waals surface area contributed by atoms with Gasteiger partial charge in [0, 0.05) is 0 Å². The lowest BCUT2D eigenvalue weighted by Gasteiger charge is -2.18. The van der Waals surface area contributed by atoms with Crippen LogP contribution >= 0.6 is 0 Å². The van der Waals surface area contributed by atoms with Crippen molar-refractivity contribution in [3.8, 4) is 0 Å². The van der Waals surface area contributed by atoms with Crippen molar-refractivity contribution >= 4 is 0 Å². The molecule has 0 saturated heterocycles. The molecule has 0 N–H and O–H groups in total. The zero-order valence-electron chi connectivity index (χ0n) is 5.62. The lowest BCUT2D eigenvalue weighted by atomic mass is 9.98. The van der Waals surface area contributed by atoms with Crippen molar-refractivity contribution in [1.29, 1.82) is 0 Å². The maximum absolute atomic E-state index is 12.0. The van der Waals surface area contributed by atoms with Crippen LogP contribution in [-0.2, 0) is 0 Å². The summed E-state index contributed by atoms with van der Waals surface area (Å²) in [6, 6.07) is 0. The van der Waals surface area contributed by atoms with Gasteiger partial charge in [0.05, 0.1) is 5.92 Å². The summed E-state index contributed by atoms with van der Waals surface area (Å²) < 4.78 is 35.9. The van der Waals surface area contributed by atoms with Gasteiger partial charge in [0.25, 0.3) is 0 Å². The summed E-state index contributed by atoms with van der Waals surface area (Å²) in [4.78, 5) is 0. The van der Waals surface area contributed by atoms with Gasteiger partial charge in [0.2, 0.25) is 0 Å². The average Bonchev–Trinajstić information content (AvgIpc) is 2.11. The van der Waals surface area contributed by atoms with E-state index in [1.807, 2.05) is 0 Å². The fourth-order valence-corrected chi connectivity index (χ4v) is 1.47. The minimum atomic E-state index is -4.01. The molecule has 0 aromatic carbocycles. The smallest absolute Gasteiger partial charge is 0.171 e. The third-order valence-corrected chi connectivity index (χ3v) is 2.08. The molecule has 1 saturated carbocycles. The van der Waals surface area contributed by atoms with Gasteiger partial charge in [-0.1, -0.05) is 6.42 Å². The van der Waals surface area contributed by atoms with Crippen molar-refractivity contribution in [1.82, 2.24) is 0 Å². The molecule has 0 aliphatic heterocycles. The van der Waals surface area contributed by atoms with E-state index < -0.39 is 18.0 Å². The molecule has 0 spiro atoms. The molecule has 1 aliphatic rings. The molecule has 59 valence electrons. The first-order valence-electron chi connectivity index (χ1n) is 3.41. The van der Waals surface area contributed by atoms with Crippen molar-refractivity contribution < 1.29 is 13.2 Å². The van der Waals surface area contributed by atoms with Crippen molar-refractivity contribution in [3.63, 3.8) is 0 Å². The van der Waals surface area contributed by atoms with Crippen LogP contribution in [0.4, 0.5) is 13.2 Å². The number of rotatable bonds is 0. The van der Waals surface area contributed by atoms with E-state index in [4.69, 9.17) is 0 Å². The third kappa shape index (κ3) is 1.44. The summed E-state index contributed by atoms with van der Waals surface area (Å²) in [6.45, 7) is 3.47. The van der Waals surface area contributed by atoms with Crippen LogP contribution in [0.1, 0.15) is 19.3 Å². The first-order chi connectivity index (χ1) is 4.52. The van der Waals surface area contributed by atoms with Gasteiger partial charge >= 0.3 is 6.18 Å². The van der Waals surface area contributed by atoms with Gasteiger partial charge in [-0.2, -0.15) is 13.2 Å². The highest BCUT2D eigenvalue weighted by Crippen LogP contribution is 2.42. The van der Waals surface area contributed by atoms with Crippen LogP contribution in [-0.4, -0.2) is 6.18 Å². The fourth-order valence-electron chi connectivity index (χ4n) is 1.47. The van der Waals surface area contributed by atoms with E-state index in [2.05, 4.69) is 6.92 Å². The summed E-state index contributed by atoms with van der Waals surface area (Å²) in [5.41, 5.74) is 0. The topological polar surface area (TPSA) is 0 Å². The van der Waals surface area contributed by atoms with Crippen LogP contribution in [0, 0.1) is 18.8 Å². The lowest BCUT2D eigenvalue weighted by molar-refractivity contribution is -0.179. The predicted molar refractivity (Wildman–Crippen MR) is 32.2 cm³/mol. The molecule has 3 heteroatoms. The standard InChI is InChI=1S/C7H10F3/c1-5-3-2-4-6(5)7(8,9)10/h5-6H,1-4H2/t5-,6-/m0/s1. The highest BCUT2D eigenvalue weighted by atomic mass is 19.4. The molecule has 0 unspecified atom stereocenters. The zero-order valence-corrected chi connectivity index (χ0v) is 5.62. The molecule has 2 atom stereocenters. The van der Waals surface area contributed by atoms with Crippen LogP contribution in [0.2, 0.25) is 0 Å². The molecule has 1 radical (unpaired) electrons. The third-order valence-electron chi connectivity index (χ3n) is 2.08. The summed E-state index contributed by atoms with van der Waals surface area (Å²) in [7, 11) is 0. The SMILES string of the molecule is [CH2][C@H]1CCC[C@@H]1C(F)(F)F. The predicted octanol–water partition coefficient (Wildman–Crippen LogP) is 2.80. The Bertz CT molecular complexity index is 117. The van der Waals surface area contributed by atoms with Crippen LogP contribution < -0.4 is 0 Å². The van der Waals surface area contributed by atoms with E-state index in [1.54, 1.807) is 0 Å². The largest absolute Gasteiger partial charge is 0.392 e. The molecule has 0 aromatic heterocycles. The Balaban J connectivity index is 2.55. The first-order valence-corrected chi connectivity index (χ1v) is 3.41. The molecule has 1 aliphatic carbocycles. The summed E-state index contributed by atoms with van der Waals surface area (Å²) in [6.07, 6.45) is -2.43. The highest BCUT2D eigenvalue weighted by Gasteiger charge is 2.44. The Morgan fingerprint density at radius 2 is 1.80 bits per heavy atom. The second kappa shape index (κ2) is 2.44. The van der Waals surface area contributed by atoms with E-state index in [1.165, 1.54) is 0 Å². The van der Waals surface area contributed by atoms with Crippen molar-refractivity contribution in [2.45, 2.75) is 25.4 Å².